The molecule has 2 aliphatic rings. The molecule has 2 amide bonds. The molecule has 9 nitrogen and oxygen atoms in total. The van der Waals surface area contributed by atoms with Crippen molar-refractivity contribution in [2.24, 2.45) is 0 Å². The molecule has 4 atom stereocenters. The molecule has 2 aromatic rings. The molecule has 3 N–H and O–H groups in total. The zero-order chi connectivity index (χ0) is 31.3. The highest BCUT2D eigenvalue weighted by Gasteiger charge is 2.51. The molecule has 1 heterocycles. The molecule has 0 spiro atoms. The maximum atomic E-state index is 13.8. The lowest BCUT2D eigenvalue weighted by molar-refractivity contribution is -0.137. The highest BCUT2D eigenvalue weighted by Crippen LogP contribution is 2.51. The topological polar surface area (TPSA) is 125 Å². The van der Waals surface area contributed by atoms with Gasteiger partial charge in [-0.05, 0) is 48.9 Å². The van der Waals surface area contributed by atoms with Crippen LogP contribution in [0.25, 0.3) is 0 Å². The Morgan fingerprint density at radius 1 is 1.14 bits per heavy atom. The molecule has 4 rings (SSSR count). The van der Waals surface area contributed by atoms with E-state index in [0.717, 1.165) is 43.5 Å². The number of carbonyl (C=O) groups excluding carboxylic acids is 3. The Labute approximate surface area is 247 Å². The van der Waals surface area contributed by atoms with Gasteiger partial charge in [0, 0.05) is 35.4 Å². The van der Waals surface area contributed by atoms with E-state index in [0.29, 0.717) is 18.3 Å². The van der Waals surface area contributed by atoms with Gasteiger partial charge in [0.1, 0.15) is 18.5 Å². The van der Waals surface area contributed by atoms with E-state index < -0.39 is 47.7 Å². The number of nitrogens with one attached hydrogen (secondary N) is 1. The highest BCUT2D eigenvalue weighted by molar-refractivity contribution is 5.98. The number of nitrogens with zero attached hydrogens (tertiary/aromatic N) is 1. The predicted octanol–water partition coefficient (Wildman–Crippen LogP) is 3.87. The number of halogens is 3. The first kappa shape index (κ1) is 32.0. The normalized spacial score (nSPS) is 20.8. The van der Waals surface area contributed by atoms with Crippen molar-refractivity contribution in [3.8, 4) is 11.5 Å². The largest absolute Gasteiger partial charge is 0.493 e. The molecule has 0 saturated carbocycles. The molecule has 0 aromatic heterocycles. The number of aliphatic hydroxyl groups is 2. The molecule has 2 aromatic carbocycles. The van der Waals surface area contributed by atoms with Crippen LogP contribution in [0, 0.1) is 0 Å². The molecule has 0 bridgehead atoms. The Kier molecular flexibility index (Phi) is 10.1. The molecule has 4 unspecified atom stereocenters. The maximum Gasteiger partial charge on any atom is 0.416 e. The SMILES string of the molecule is CCCCCCN(C(=O)c1ccc(C(F)(F)F)cc1)C1C=C(C(=O)NCCO)C2c3cc(C=O)cc(OC)c3OC2C1O. The minimum absolute atomic E-state index is 0.00887. The molecule has 12 heteroatoms. The molecular weight excluding hydrogens is 569 g/mol. The lowest BCUT2D eigenvalue weighted by atomic mass is 9.77. The highest BCUT2D eigenvalue weighted by atomic mass is 19.4. The Bertz CT molecular complexity index is 1360. The maximum absolute atomic E-state index is 13.8. The Hall–Kier alpha value is -3.90. The number of unbranched alkanes of at least 4 members (excludes halogenated alkanes) is 3. The molecule has 232 valence electrons. The first-order valence-electron chi connectivity index (χ1n) is 14.2. The number of rotatable bonds is 12. The summed E-state index contributed by atoms with van der Waals surface area (Å²) in [7, 11) is 1.39. The van der Waals surface area contributed by atoms with Crippen LogP contribution in [-0.4, -0.2) is 78.3 Å². The Morgan fingerprint density at radius 3 is 2.47 bits per heavy atom. The van der Waals surface area contributed by atoms with Gasteiger partial charge in [-0.3, -0.25) is 14.4 Å². The summed E-state index contributed by atoms with van der Waals surface area (Å²) >= 11 is 0. The fourth-order valence-corrected chi connectivity index (χ4v) is 5.62. The van der Waals surface area contributed by atoms with Gasteiger partial charge in [0.15, 0.2) is 11.5 Å². The van der Waals surface area contributed by atoms with Crippen molar-refractivity contribution >= 4 is 18.1 Å². The van der Waals surface area contributed by atoms with Gasteiger partial charge >= 0.3 is 6.18 Å². The van der Waals surface area contributed by atoms with Crippen molar-refractivity contribution in [1.82, 2.24) is 10.2 Å². The third kappa shape index (κ3) is 6.70. The minimum atomic E-state index is -4.57. The zero-order valence-electron chi connectivity index (χ0n) is 23.9. The van der Waals surface area contributed by atoms with Crippen LogP contribution >= 0.6 is 0 Å². The van der Waals surface area contributed by atoms with Crippen LogP contribution < -0.4 is 14.8 Å². The summed E-state index contributed by atoms with van der Waals surface area (Å²) in [4.78, 5) is 40.3. The van der Waals surface area contributed by atoms with Crippen molar-refractivity contribution in [3.63, 3.8) is 0 Å². The summed E-state index contributed by atoms with van der Waals surface area (Å²) in [5.74, 6) is -1.55. The molecule has 1 aliphatic heterocycles. The molecular formula is C31H35F3N2O7. The molecule has 1 aliphatic carbocycles. The van der Waals surface area contributed by atoms with Crippen LogP contribution in [-0.2, 0) is 11.0 Å². The number of aldehydes is 1. The van der Waals surface area contributed by atoms with Crippen LogP contribution in [0.4, 0.5) is 13.2 Å². The minimum Gasteiger partial charge on any atom is -0.493 e. The van der Waals surface area contributed by atoms with Gasteiger partial charge in [0.2, 0.25) is 5.91 Å². The average Bonchev–Trinajstić information content (AvgIpc) is 3.39. The number of benzene rings is 2. The first-order chi connectivity index (χ1) is 20.5. The van der Waals surface area contributed by atoms with Crippen molar-refractivity contribution in [2.75, 3.05) is 26.8 Å². The van der Waals surface area contributed by atoms with E-state index in [2.05, 4.69) is 5.32 Å². The smallest absolute Gasteiger partial charge is 0.416 e. The lowest BCUT2D eigenvalue weighted by Gasteiger charge is -2.40. The van der Waals surface area contributed by atoms with Gasteiger partial charge in [0.05, 0.1) is 31.2 Å². The van der Waals surface area contributed by atoms with Crippen LogP contribution in [0.3, 0.4) is 0 Å². The van der Waals surface area contributed by atoms with E-state index in [1.54, 1.807) is 6.07 Å². The third-order valence-corrected chi connectivity index (χ3v) is 7.74. The van der Waals surface area contributed by atoms with Gasteiger partial charge in [0.25, 0.3) is 5.91 Å². The summed E-state index contributed by atoms with van der Waals surface area (Å²) in [5.41, 5.74) is -0.0519. The number of fused-ring (bicyclic) bond motifs is 3. The molecule has 0 radical (unpaired) electrons. The number of methoxy groups -OCH3 is 1. The quantitative estimate of drug-likeness (QED) is 0.248. The fraction of sp³-hybridized carbons (Fsp3) is 0.452. The fourth-order valence-electron chi connectivity index (χ4n) is 5.62. The average molecular weight is 605 g/mol. The van der Waals surface area contributed by atoms with Crippen LogP contribution in [0.5, 0.6) is 11.5 Å². The Morgan fingerprint density at radius 2 is 1.86 bits per heavy atom. The number of alkyl halides is 3. The van der Waals surface area contributed by atoms with Crippen LogP contribution in [0.1, 0.15) is 70.4 Å². The second-order valence-corrected chi connectivity index (χ2v) is 10.5. The second-order valence-electron chi connectivity index (χ2n) is 10.5. The number of hydrogen-bond donors (Lipinski definition) is 3. The van der Waals surface area contributed by atoms with Crippen molar-refractivity contribution in [3.05, 3.63) is 70.3 Å². The number of amides is 2. The van der Waals surface area contributed by atoms with E-state index in [1.165, 1.54) is 24.2 Å². The van der Waals surface area contributed by atoms with E-state index >= 15 is 0 Å². The van der Waals surface area contributed by atoms with E-state index in [4.69, 9.17) is 9.47 Å². The van der Waals surface area contributed by atoms with Crippen molar-refractivity contribution in [1.29, 1.82) is 0 Å². The van der Waals surface area contributed by atoms with Crippen molar-refractivity contribution < 1.29 is 47.2 Å². The lowest BCUT2D eigenvalue weighted by Crippen LogP contribution is -2.56. The summed E-state index contributed by atoms with van der Waals surface area (Å²) < 4.78 is 51.1. The van der Waals surface area contributed by atoms with Gasteiger partial charge in [-0.25, -0.2) is 0 Å². The van der Waals surface area contributed by atoms with E-state index in [9.17, 15) is 37.8 Å². The van der Waals surface area contributed by atoms with Gasteiger partial charge < -0.3 is 29.9 Å². The monoisotopic (exact) mass is 604 g/mol. The van der Waals surface area contributed by atoms with Gasteiger partial charge in [-0.15, -0.1) is 0 Å². The van der Waals surface area contributed by atoms with E-state index in [1.807, 2.05) is 6.92 Å². The summed E-state index contributed by atoms with van der Waals surface area (Å²) in [5, 5.41) is 23.6. The summed E-state index contributed by atoms with van der Waals surface area (Å²) in [6.45, 7) is 1.80. The van der Waals surface area contributed by atoms with Crippen molar-refractivity contribution in [2.45, 2.75) is 63.0 Å². The van der Waals surface area contributed by atoms with E-state index in [-0.39, 0.29) is 47.9 Å². The summed E-state index contributed by atoms with van der Waals surface area (Å²) in [6, 6.07) is 5.77. The number of hydrogen-bond acceptors (Lipinski definition) is 7. The standard InChI is InChI=1S/C31H35F3N2O7/c1-3-4-5-6-12-36(30(41)19-7-9-20(10-8-19)31(32,33)34)23-16-22(29(40)35-11-13-37)25-21-14-18(17-38)15-24(42-2)27(21)43-28(25)26(23)39/h7-10,14-17,23,25-26,28,37,39H,3-6,11-13H2,1-2H3,(H,35,40). The number of aliphatic hydroxyl groups excluding tert-OH is 2. The third-order valence-electron chi connectivity index (χ3n) is 7.74. The van der Waals surface area contributed by atoms with Gasteiger partial charge in [-0.2, -0.15) is 13.2 Å². The zero-order valence-corrected chi connectivity index (χ0v) is 23.9. The molecule has 0 fully saturated rings. The molecule has 43 heavy (non-hydrogen) atoms. The molecule has 0 saturated heterocycles. The number of carbonyl (C=O) groups is 3. The predicted molar refractivity (Wildman–Crippen MR) is 150 cm³/mol. The van der Waals surface area contributed by atoms with Gasteiger partial charge in [-0.1, -0.05) is 26.2 Å². The van der Waals surface area contributed by atoms with Crippen LogP contribution in [0.2, 0.25) is 0 Å². The van der Waals surface area contributed by atoms with Crippen LogP contribution in [0.15, 0.2) is 48.0 Å². The number of ether oxygens (including phenoxy) is 2. The Balaban J connectivity index is 1.79. The summed E-state index contributed by atoms with van der Waals surface area (Å²) in [6.07, 6.45) is -1.77. The first-order valence-corrected chi connectivity index (χ1v) is 14.2. The second kappa shape index (κ2) is 13.6.